The quantitative estimate of drug-likeness (QED) is 0.0922. The highest BCUT2D eigenvalue weighted by atomic mass is 16.5. The molecule has 4 heterocycles. The molecular formula is C86H168N4O8. The zero-order valence-electron chi connectivity index (χ0n) is 70.7. The third-order valence-corrected chi connectivity index (χ3v) is 23.3. The molecule has 0 aromatic heterocycles. The minimum atomic E-state index is -0.00849. The van der Waals surface area contributed by atoms with E-state index in [2.05, 4.69) is 227 Å². The number of piperidine rings is 4. The molecule has 0 radical (unpaired) electrons. The predicted octanol–water partition coefficient (Wildman–Crippen LogP) is 19.9. The van der Waals surface area contributed by atoms with Gasteiger partial charge in [0.1, 0.15) is 0 Å². The average molecular weight is 1390 g/mol. The molecule has 0 N–H and O–H groups in total. The van der Waals surface area contributed by atoms with Crippen LogP contribution in [0, 0.1) is 65.1 Å². The molecule has 4 saturated carbocycles. The highest BCUT2D eigenvalue weighted by molar-refractivity contribution is 4.94. The van der Waals surface area contributed by atoms with Gasteiger partial charge in [-0.3, -0.25) is 0 Å². The smallest absolute Gasteiger partial charge is 0.0602 e. The van der Waals surface area contributed by atoms with E-state index in [1.54, 1.807) is 0 Å². The molecule has 98 heavy (non-hydrogen) atoms. The van der Waals surface area contributed by atoms with E-state index < -0.39 is 0 Å². The molecule has 0 bridgehead atoms. The maximum atomic E-state index is 6.10. The molecule has 12 heteroatoms. The Morgan fingerprint density at radius 1 is 0.255 bits per heavy atom. The Kier molecular flexibility index (Phi) is 34.5. The largest absolute Gasteiger partial charge is 0.376 e. The van der Waals surface area contributed by atoms with Crippen molar-refractivity contribution in [3.05, 3.63) is 0 Å². The number of hydrogen-bond donors (Lipinski definition) is 0. The van der Waals surface area contributed by atoms with Crippen molar-refractivity contribution in [1.82, 2.24) is 19.6 Å². The molecule has 12 nitrogen and oxygen atoms in total. The number of likely N-dealkylation sites (tertiary alicyclic amines) is 4. The summed E-state index contributed by atoms with van der Waals surface area (Å²) in [5.74, 6) is 8.96. The molecule has 4 aliphatic heterocycles. The van der Waals surface area contributed by atoms with Crippen LogP contribution in [0.3, 0.4) is 0 Å². The van der Waals surface area contributed by atoms with E-state index in [9.17, 15) is 0 Å². The minimum Gasteiger partial charge on any atom is -0.376 e. The highest BCUT2D eigenvalue weighted by Crippen LogP contribution is 2.42. The monoisotopic (exact) mass is 1390 g/mol. The van der Waals surface area contributed by atoms with Crippen LogP contribution in [-0.4, -0.2) is 192 Å². The van der Waals surface area contributed by atoms with Gasteiger partial charge < -0.3 is 57.5 Å². The summed E-state index contributed by atoms with van der Waals surface area (Å²) in [5.41, 5.74) is 0.0166. The predicted molar refractivity (Wildman–Crippen MR) is 415 cm³/mol. The first-order valence-corrected chi connectivity index (χ1v) is 41.2. The molecule has 0 amide bonds. The fraction of sp³-hybridized carbons (Fsp3) is 1.00. The van der Waals surface area contributed by atoms with E-state index in [0.29, 0.717) is 42.5 Å². The van der Waals surface area contributed by atoms with Crippen molar-refractivity contribution >= 4 is 0 Å². The zero-order chi connectivity index (χ0) is 73.6. The van der Waals surface area contributed by atoms with Crippen molar-refractivity contribution in [3.63, 3.8) is 0 Å². The van der Waals surface area contributed by atoms with Gasteiger partial charge in [-0.1, -0.05) is 20.8 Å². The molecule has 9 atom stereocenters. The molecule has 4 aliphatic carbocycles. The lowest BCUT2D eigenvalue weighted by molar-refractivity contribution is -0.119. The van der Waals surface area contributed by atoms with Crippen LogP contribution in [-0.2, 0) is 37.9 Å². The zero-order valence-corrected chi connectivity index (χ0v) is 70.7. The van der Waals surface area contributed by atoms with Gasteiger partial charge in [-0.15, -0.1) is 0 Å². The van der Waals surface area contributed by atoms with Gasteiger partial charge in [0.2, 0.25) is 0 Å². The van der Waals surface area contributed by atoms with E-state index in [1.807, 2.05) is 0 Å². The lowest BCUT2D eigenvalue weighted by Gasteiger charge is -2.47. The van der Waals surface area contributed by atoms with E-state index in [0.717, 1.165) is 91.5 Å². The summed E-state index contributed by atoms with van der Waals surface area (Å²) in [7, 11) is 0. The van der Waals surface area contributed by atoms with Crippen LogP contribution in [0.1, 0.15) is 317 Å². The van der Waals surface area contributed by atoms with Gasteiger partial charge in [0.15, 0.2) is 0 Å². The standard InChI is InChI=1S/3C22H43NO2.C20H39NO2/c3*1-16-17(2)23(11-9-19(16)10-12-24-21(3,4)5)15-18-13-20(14-18)25-22(6,7)8;1-19(2,3)22-12-9-16-7-10-21(11-8-16)15-17-13-18(14-17)23-20(4,5)6/h3*16-20H,9-15H2,1-8H3;16-18H,7-15H2,1-6H3/t16-,17+,18?,19?,20?;;;/m0.../s1. The third kappa shape index (κ3) is 34.8. The second-order valence-corrected chi connectivity index (χ2v) is 41.4. The van der Waals surface area contributed by atoms with Crippen LogP contribution in [0.4, 0.5) is 0 Å². The number of ether oxygens (including phenoxy) is 8. The summed E-state index contributed by atoms with van der Waals surface area (Å²) < 4.78 is 48.1. The van der Waals surface area contributed by atoms with Crippen LogP contribution in [0.5, 0.6) is 0 Å². The highest BCUT2D eigenvalue weighted by Gasteiger charge is 2.42. The average Bonchev–Trinajstić information content (AvgIpc) is 0.821. The first-order valence-electron chi connectivity index (χ1n) is 41.2. The molecule has 0 aromatic rings. The summed E-state index contributed by atoms with van der Waals surface area (Å²) in [6, 6.07) is 2.07. The van der Waals surface area contributed by atoms with E-state index in [-0.39, 0.29) is 44.8 Å². The molecule has 4 saturated heterocycles. The van der Waals surface area contributed by atoms with E-state index >= 15 is 0 Å². The van der Waals surface area contributed by atoms with Crippen LogP contribution < -0.4 is 0 Å². The SMILES string of the molecule is CC(C)(C)OCCC1CCN(CC2CC(OC(C)(C)C)C2)CC1.CC1C(CCOC(C)(C)C)CCN(CC2CC(OC(C)(C)C)C2)C1C.CC1C(CCOC(C)(C)C)CCN(CC2CC(OC(C)(C)C)C2)C1C.C[C@@H]1C(CCOC(C)(C)C)CCN(CC2CC(OC(C)(C)C)C2)[C@@H]1C. The first kappa shape index (κ1) is 88.2. The van der Waals surface area contributed by atoms with E-state index in [1.165, 1.54) is 168 Å². The Morgan fingerprint density at radius 2 is 0.480 bits per heavy atom. The van der Waals surface area contributed by atoms with E-state index in [4.69, 9.17) is 37.9 Å². The third-order valence-electron chi connectivity index (χ3n) is 23.3. The van der Waals surface area contributed by atoms with Gasteiger partial charge in [-0.2, -0.15) is 0 Å². The molecule has 8 rings (SSSR count). The Morgan fingerprint density at radius 3 is 0.704 bits per heavy atom. The van der Waals surface area contributed by atoms with Crippen molar-refractivity contribution in [1.29, 1.82) is 0 Å². The van der Waals surface area contributed by atoms with Crippen LogP contribution in [0.15, 0.2) is 0 Å². The molecule has 0 spiro atoms. The van der Waals surface area contributed by atoms with Gasteiger partial charge in [-0.25, -0.2) is 0 Å². The van der Waals surface area contributed by atoms with Crippen LogP contribution in [0.25, 0.3) is 0 Å². The normalized spacial score (nSPS) is 33.2. The lowest BCUT2D eigenvalue weighted by Crippen LogP contribution is -2.51. The van der Waals surface area contributed by atoms with Crippen LogP contribution in [0.2, 0.25) is 0 Å². The number of rotatable bonds is 24. The van der Waals surface area contributed by atoms with Gasteiger partial charge >= 0.3 is 0 Å². The molecule has 8 aliphatic rings. The minimum absolute atomic E-state index is 0.00487. The van der Waals surface area contributed by atoms with Crippen molar-refractivity contribution < 1.29 is 37.9 Å². The Bertz CT molecular complexity index is 1970. The Labute approximate surface area is 609 Å². The Balaban J connectivity index is 0.000000236. The lowest BCUT2D eigenvalue weighted by atomic mass is 9.77. The van der Waals surface area contributed by atoms with Crippen molar-refractivity contribution in [2.24, 2.45) is 65.1 Å². The van der Waals surface area contributed by atoms with Gasteiger partial charge in [0, 0.05) is 70.7 Å². The molecule has 580 valence electrons. The number of nitrogens with zero attached hydrogens (tertiary/aromatic N) is 4. The summed E-state index contributed by atoms with van der Waals surface area (Å²) >= 11 is 0. The molecule has 0 aromatic carbocycles. The second-order valence-electron chi connectivity index (χ2n) is 41.4. The van der Waals surface area contributed by atoms with Crippen molar-refractivity contribution in [2.75, 3.05) is 85.3 Å². The fourth-order valence-corrected chi connectivity index (χ4v) is 17.1. The maximum Gasteiger partial charge on any atom is 0.0602 e. The van der Waals surface area contributed by atoms with Crippen molar-refractivity contribution in [2.45, 2.75) is 404 Å². The Hall–Kier alpha value is -0.480. The summed E-state index contributed by atoms with van der Waals surface area (Å²) in [5, 5.41) is 0. The summed E-state index contributed by atoms with van der Waals surface area (Å²) in [6.07, 6.45) is 23.5. The molecule has 8 fully saturated rings. The molecule has 7 unspecified atom stereocenters. The second kappa shape index (κ2) is 38.4. The topological polar surface area (TPSA) is 86.8 Å². The van der Waals surface area contributed by atoms with Gasteiger partial charge in [0.25, 0.3) is 0 Å². The summed E-state index contributed by atoms with van der Waals surface area (Å²) in [4.78, 5) is 10.9. The molecular weight excluding hydrogens is 1220 g/mol. The maximum absolute atomic E-state index is 6.10. The van der Waals surface area contributed by atoms with Crippen molar-refractivity contribution in [3.8, 4) is 0 Å². The first-order chi connectivity index (χ1) is 44.9. The summed E-state index contributed by atoms with van der Waals surface area (Å²) in [6.45, 7) is 81.4. The van der Waals surface area contributed by atoms with Gasteiger partial charge in [0.05, 0.1) is 69.2 Å². The van der Waals surface area contributed by atoms with Gasteiger partial charge in [-0.05, 0) is 394 Å². The number of hydrogen-bond acceptors (Lipinski definition) is 12. The fourth-order valence-electron chi connectivity index (χ4n) is 17.1. The van der Waals surface area contributed by atoms with Crippen LogP contribution >= 0.6 is 0 Å².